The van der Waals surface area contributed by atoms with E-state index < -0.39 is 0 Å². The number of carbonyl (C=O) groups is 1. The van der Waals surface area contributed by atoms with Crippen LogP contribution in [0.4, 0.5) is 0 Å². The quantitative estimate of drug-likeness (QED) is 0.597. The third-order valence-electron chi connectivity index (χ3n) is 1.08. The normalized spacial score (nSPS) is 11.2. The van der Waals surface area contributed by atoms with E-state index in [-0.39, 0.29) is 5.91 Å². The Morgan fingerprint density at radius 2 is 2.11 bits per heavy atom. The lowest BCUT2D eigenvalue weighted by atomic mass is 10.3. The molecule has 0 fully saturated rings. The third-order valence-corrected chi connectivity index (χ3v) is 1.08. The number of allylic oxidation sites excluding steroid dienone is 1. The van der Waals surface area contributed by atoms with Gasteiger partial charge in [0.05, 0.1) is 0 Å². The van der Waals surface area contributed by atoms with Crippen LogP contribution < -0.4 is 5.32 Å². The van der Waals surface area contributed by atoms with Crippen molar-refractivity contribution in [2.24, 2.45) is 0 Å². The van der Waals surface area contributed by atoms with Gasteiger partial charge in [-0.3, -0.25) is 4.79 Å². The Bertz CT molecular complexity index is 127. The fraction of sp³-hybridized carbons (Fsp3) is 0.571. The molecule has 0 atom stereocenters. The Hall–Kier alpha value is -0.790. The lowest BCUT2D eigenvalue weighted by molar-refractivity contribution is -0.118. The molecule has 1 amide bonds. The molecule has 0 aromatic carbocycles. The maximum Gasteiger partial charge on any atom is 0.220 e. The maximum absolute atomic E-state index is 10.3. The summed E-state index contributed by atoms with van der Waals surface area (Å²) in [5, 5.41) is 2.60. The van der Waals surface area contributed by atoms with Crippen molar-refractivity contribution in [3.63, 3.8) is 0 Å². The molecule has 1 N–H and O–H groups in total. The van der Waals surface area contributed by atoms with Gasteiger partial charge in [-0.15, -0.1) is 0 Å². The van der Waals surface area contributed by atoms with E-state index in [1.54, 1.807) is 6.20 Å². The van der Waals surface area contributed by atoms with Crippen molar-refractivity contribution in [3.05, 3.63) is 11.8 Å². The number of nitrogens with one attached hydrogen (secondary N) is 1. The van der Waals surface area contributed by atoms with E-state index >= 15 is 0 Å². The zero-order chi connectivity index (χ0) is 7.28. The summed E-state index contributed by atoms with van der Waals surface area (Å²) < 4.78 is 0. The van der Waals surface area contributed by atoms with Crippen molar-refractivity contribution in [1.82, 2.24) is 5.32 Å². The molecule has 0 spiro atoms. The van der Waals surface area contributed by atoms with E-state index in [0.717, 1.165) is 6.42 Å². The highest BCUT2D eigenvalue weighted by Crippen LogP contribution is 1.93. The van der Waals surface area contributed by atoms with Crippen molar-refractivity contribution in [2.75, 3.05) is 0 Å². The third kappa shape index (κ3) is 5.07. The van der Waals surface area contributed by atoms with Crippen LogP contribution in [0.15, 0.2) is 11.8 Å². The Morgan fingerprint density at radius 3 is 2.44 bits per heavy atom. The molecule has 0 aliphatic heterocycles. The molecule has 0 bridgehead atoms. The highest BCUT2D eigenvalue weighted by atomic mass is 16.1. The van der Waals surface area contributed by atoms with E-state index in [9.17, 15) is 4.79 Å². The second kappa shape index (κ2) is 4.13. The zero-order valence-electron chi connectivity index (χ0n) is 6.19. The van der Waals surface area contributed by atoms with Crippen LogP contribution in [0.3, 0.4) is 0 Å². The fourth-order valence-corrected chi connectivity index (χ4v) is 0.327. The van der Waals surface area contributed by atoms with Crippen molar-refractivity contribution < 1.29 is 4.79 Å². The first-order valence-corrected chi connectivity index (χ1v) is 3.09. The molecule has 0 aliphatic carbocycles. The summed E-state index contributed by atoms with van der Waals surface area (Å²) in [5.74, 6) is -0.0113. The molecule has 0 saturated heterocycles. The molecule has 2 nitrogen and oxygen atoms in total. The smallest absolute Gasteiger partial charge is 0.220 e. The molecule has 0 heterocycles. The molecule has 0 rings (SSSR count). The van der Waals surface area contributed by atoms with E-state index in [0.29, 0.717) is 0 Å². The topological polar surface area (TPSA) is 29.1 Å². The van der Waals surface area contributed by atoms with Gasteiger partial charge >= 0.3 is 0 Å². The largest absolute Gasteiger partial charge is 0.333 e. The number of hydrogen-bond acceptors (Lipinski definition) is 1. The zero-order valence-corrected chi connectivity index (χ0v) is 6.19. The maximum atomic E-state index is 10.3. The Morgan fingerprint density at radius 1 is 1.56 bits per heavy atom. The SMILES string of the molecule is CC/C(C)=C/NC(C)=O. The van der Waals surface area contributed by atoms with E-state index in [4.69, 9.17) is 0 Å². The monoisotopic (exact) mass is 127 g/mol. The summed E-state index contributed by atoms with van der Waals surface area (Å²) in [5.41, 5.74) is 1.19. The van der Waals surface area contributed by atoms with Gasteiger partial charge in [0.15, 0.2) is 0 Å². The summed E-state index contributed by atoms with van der Waals surface area (Å²) in [6, 6.07) is 0. The van der Waals surface area contributed by atoms with Crippen LogP contribution in [-0.4, -0.2) is 5.91 Å². The lowest BCUT2D eigenvalue weighted by Gasteiger charge is -1.94. The Labute approximate surface area is 56.0 Å². The van der Waals surface area contributed by atoms with Crippen molar-refractivity contribution >= 4 is 5.91 Å². The lowest BCUT2D eigenvalue weighted by Crippen LogP contribution is -2.12. The average Bonchev–Trinajstić information content (AvgIpc) is 1.83. The summed E-state index contributed by atoms with van der Waals surface area (Å²) in [6.07, 6.45) is 2.72. The van der Waals surface area contributed by atoms with Gasteiger partial charge in [-0.05, 0) is 13.3 Å². The number of hydrogen-bond donors (Lipinski definition) is 1. The standard InChI is InChI=1S/C7H13NO/c1-4-6(2)5-8-7(3)9/h5H,4H2,1-3H3,(H,8,9)/b6-5+. The van der Waals surface area contributed by atoms with Crippen LogP contribution in [0.25, 0.3) is 0 Å². The molecule has 9 heavy (non-hydrogen) atoms. The second-order valence-corrected chi connectivity index (χ2v) is 2.04. The van der Waals surface area contributed by atoms with Crippen LogP contribution >= 0.6 is 0 Å². The summed E-state index contributed by atoms with van der Waals surface area (Å²) in [6.45, 7) is 5.53. The van der Waals surface area contributed by atoms with Gasteiger partial charge in [-0.25, -0.2) is 0 Å². The minimum atomic E-state index is -0.0113. The van der Waals surface area contributed by atoms with E-state index in [1.807, 2.05) is 13.8 Å². The fourth-order valence-electron chi connectivity index (χ4n) is 0.327. The van der Waals surface area contributed by atoms with Gasteiger partial charge in [0, 0.05) is 13.1 Å². The predicted octanol–water partition coefficient (Wildman–Crippen LogP) is 1.44. The first-order chi connectivity index (χ1) is 4.16. The number of carbonyl (C=O) groups excluding carboxylic acids is 1. The first kappa shape index (κ1) is 8.21. The molecule has 2 heteroatoms. The van der Waals surface area contributed by atoms with Crippen molar-refractivity contribution in [1.29, 1.82) is 0 Å². The number of rotatable bonds is 2. The second-order valence-electron chi connectivity index (χ2n) is 2.04. The van der Waals surface area contributed by atoms with Gasteiger partial charge < -0.3 is 5.32 Å². The minimum absolute atomic E-state index is 0.0113. The van der Waals surface area contributed by atoms with Crippen molar-refractivity contribution in [3.8, 4) is 0 Å². The van der Waals surface area contributed by atoms with Gasteiger partial charge in [-0.2, -0.15) is 0 Å². The average molecular weight is 127 g/mol. The molecule has 0 aromatic rings. The summed E-state index contributed by atoms with van der Waals surface area (Å²) >= 11 is 0. The van der Waals surface area contributed by atoms with Crippen LogP contribution in [0.5, 0.6) is 0 Å². The molecule has 0 saturated carbocycles. The molecule has 52 valence electrons. The van der Waals surface area contributed by atoms with Gasteiger partial charge in [-0.1, -0.05) is 12.5 Å². The van der Waals surface area contributed by atoms with Crippen molar-refractivity contribution in [2.45, 2.75) is 27.2 Å². The highest BCUT2D eigenvalue weighted by molar-refractivity contribution is 5.73. The van der Waals surface area contributed by atoms with Gasteiger partial charge in [0.1, 0.15) is 0 Å². The summed E-state index contributed by atoms with van der Waals surface area (Å²) in [7, 11) is 0. The Balaban J connectivity index is 3.56. The van der Waals surface area contributed by atoms with E-state index in [2.05, 4.69) is 5.32 Å². The molecule has 0 unspecified atom stereocenters. The van der Waals surface area contributed by atoms with Gasteiger partial charge in [0.25, 0.3) is 0 Å². The molecular formula is C7H13NO. The van der Waals surface area contributed by atoms with Crippen LogP contribution in [0.2, 0.25) is 0 Å². The highest BCUT2D eigenvalue weighted by Gasteiger charge is 1.84. The molecule has 0 radical (unpaired) electrons. The Kier molecular flexibility index (Phi) is 3.76. The summed E-state index contributed by atoms with van der Waals surface area (Å²) in [4.78, 5) is 10.3. The van der Waals surface area contributed by atoms with Gasteiger partial charge in [0.2, 0.25) is 5.91 Å². The minimum Gasteiger partial charge on any atom is -0.333 e. The first-order valence-electron chi connectivity index (χ1n) is 3.09. The molecular weight excluding hydrogens is 114 g/mol. The predicted molar refractivity (Wildman–Crippen MR) is 37.9 cm³/mol. The molecule has 0 aromatic heterocycles. The van der Waals surface area contributed by atoms with Crippen LogP contribution in [0.1, 0.15) is 27.2 Å². The van der Waals surface area contributed by atoms with E-state index in [1.165, 1.54) is 12.5 Å². The van der Waals surface area contributed by atoms with Crippen LogP contribution in [-0.2, 0) is 4.79 Å². The van der Waals surface area contributed by atoms with Crippen LogP contribution in [0, 0.1) is 0 Å². The number of amides is 1. The molecule has 0 aliphatic rings.